The smallest absolute Gasteiger partial charge is 0.149 e. The molecule has 2 fully saturated rings. The molecule has 57 valence electrons. The van der Waals surface area contributed by atoms with E-state index in [0.29, 0.717) is 0 Å². The third-order valence-corrected chi connectivity index (χ3v) is 2.58. The van der Waals surface area contributed by atoms with Gasteiger partial charge in [0.05, 0.1) is 5.60 Å². The topological polar surface area (TPSA) is 21.3 Å². The van der Waals surface area contributed by atoms with Gasteiger partial charge in [-0.1, -0.05) is 19.3 Å². The predicted molar refractivity (Wildman–Crippen MR) is 39.2 cm³/mol. The van der Waals surface area contributed by atoms with Gasteiger partial charge in [0.1, 0.15) is 6.73 Å². The molecule has 1 saturated carbocycles. The maximum absolute atomic E-state index is 5.55. The molecule has 1 aliphatic carbocycles. The molecule has 2 rings (SSSR count). The lowest BCUT2D eigenvalue weighted by molar-refractivity contribution is 0.0105. The highest BCUT2D eigenvalue weighted by Gasteiger charge is 2.36. The fourth-order valence-electron chi connectivity index (χ4n) is 1.93. The lowest BCUT2D eigenvalue weighted by Gasteiger charge is -2.30. The van der Waals surface area contributed by atoms with Gasteiger partial charge >= 0.3 is 0 Å². The monoisotopic (exact) mass is 140 g/mol. The molecule has 2 nitrogen and oxygen atoms in total. The molecule has 1 N–H and O–H groups in total. The van der Waals surface area contributed by atoms with E-state index in [9.17, 15) is 0 Å². The molecule has 0 aromatic heterocycles. The van der Waals surface area contributed by atoms with Crippen LogP contribution < -0.4 is 5.32 Å². The third-order valence-electron chi connectivity index (χ3n) is 2.58. The van der Waals surface area contributed by atoms with E-state index in [0.717, 1.165) is 6.54 Å². The molecule has 0 unspecified atom stereocenters. The molecular weight excluding hydrogens is 126 g/mol. The lowest BCUT2D eigenvalue weighted by Crippen LogP contribution is -2.35. The van der Waals surface area contributed by atoms with Gasteiger partial charge in [-0.05, 0) is 12.8 Å². The molecule has 1 heterocycles. The Bertz CT molecular complexity index is 110. The van der Waals surface area contributed by atoms with Gasteiger partial charge < -0.3 is 4.74 Å². The summed E-state index contributed by atoms with van der Waals surface area (Å²) in [4.78, 5) is 0. The van der Waals surface area contributed by atoms with E-state index in [1.54, 1.807) is 6.73 Å². The largest absolute Gasteiger partial charge is 0.351 e. The average Bonchev–Trinajstić information content (AvgIpc) is 2.39. The summed E-state index contributed by atoms with van der Waals surface area (Å²) in [6, 6.07) is 0. The molecular formula is C8H14NO. The number of ether oxygens (including phenoxy) is 1. The van der Waals surface area contributed by atoms with Crippen molar-refractivity contribution in [1.29, 1.82) is 0 Å². The second-order valence-electron chi connectivity index (χ2n) is 3.36. The highest BCUT2D eigenvalue weighted by Crippen LogP contribution is 2.33. The van der Waals surface area contributed by atoms with Crippen LogP contribution in [0.3, 0.4) is 0 Å². The summed E-state index contributed by atoms with van der Waals surface area (Å²) in [7, 11) is 0. The quantitative estimate of drug-likeness (QED) is 0.549. The molecule has 0 bridgehead atoms. The van der Waals surface area contributed by atoms with Crippen LogP contribution in [0, 0.1) is 6.73 Å². The number of nitrogens with one attached hydrogen (secondary N) is 1. The summed E-state index contributed by atoms with van der Waals surface area (Å²) in [6.07, 6.45) is 6.57. The Kier molecular flexibility index (Phi) is 1.66. The van der Waals surface area contributed by atoms with Gasteiger partial charge in [0.2, 0.25) is 0 Å². The summed E-state index contributed by atoms with van der Waals surface area (Å²) < 4.78 is 5.55. The molecule has 0 aromatic carbocycles. The van der Waals surface area contributed by atoms with E-state index < -0.39 is 0 Å². The van der Waals surface area contributed by atoms with Crippen molar-refractivity contribution in [3.05, 3.63) is 6.73 Å². The zero-order valence-corrected chi connectivity index (χ0v) is 6.23. The first kappa shape index (κ1) is 6.62. The first-order valence-corrected chi connectivity index (χ1v) is 4.14. The van der Waals surface area contributed by atoms with Crippen molar-refractivity contribution in [2.45, 2.75) is 37.7 Å². The van der Waals surface area contributed by atoms with Crippen LogP contribution in [0.4, 0.5) is 0 Å². The van der Waals surface area contributed by atoms with Gasteiger partial charge in [0, 0.05) is 6.54 Å². The minimum absolute atomic E-state index is 0.207. The molecule has 1 radical (unpaired) electrons. The normalized spacial score (nSPS) is 31.2. The summed E-state index contributed by atoms with van der Waals surface area (Å²) >= 11 is 0. The fraction of sp³-hybridized carbons (Fsp3) is 0.875. The van der Waals surface area contributed by atoms with Crippen LogP contribution in [-0.4, -0.2) is 12.1 Å². The maximum atomic E-state index is 5.55. The van der Waals surface area contributed by atoms with Crippen molar-refractivity contribution in [2.75, 3.05) is 6.54 Å². The van der Waals surface area contributed by atoms with Gasteiger partial charge in [0.15, 0.2) is 0 Å². The van der Waals surface area contributed by atoms with Gasteiger partial charge in [-0.3, -0.25) is 5.32 Å². The summed E-state index contributed by atoms with van der Waals surface area (Å²) in [6.45, 7) is 2.79. The second kappa shape index (κ2) is 2.51. The van der Waals surface area contributed by atoms with Crippen LogP contribution in [0.25, 0.3) is 0 Å². The molecule has 2 heteroatoms. The third kappa shape index (κ3) is 1.06. The molecule has 0 atom stereocenters. The molecule has 2 aliphatic rings. The predicted octanol–water partition coefficient (Wildman–Crippen LogP) is 1.43. The van der Waals surface area contributed by atoms with Gasteiger partial charge in [-0.2, -0.15) is 0 Å². The first-order chi connectivity index (χ1) is 4.91. The Balaban J connectivity index is 1.98. The first-order valence-electron chi connectivity index (χ1n) is 4.14. The van der Waals surface area contributed by atoms with Crippen LogP contribution in [0.5, 0.6) is 0 Å². The van der Waals surface area contributed by atoms with Crippen molar-refractivity contribution < 1.29 is 4.74 Å². The van der Waals surface area contributed by atoms with Gasteiger partial charge in [0.25, 0.3) is 0 Å². The zero-order valence-electron chi connectivity index (χ0n) is 6.23. The summed E-state index contributed by atoms with van der Waals surface area (Å²) in [5.74, 6) is 0. The van der Waals surface area contributed by atoms with Crippen molar-refractivity contribution >= 4 is 0 Å². The van der Waals surface area contributed by atoms with Crippen LogP contribution >= 0.6 is 0 Å². The Labute approximate surface area is 61.9 Å². The van der Waals surface area contributed by atoms with Crippen molar-refractivity contribution in [3.8, 4) is 0 Å². The highest BCUT2D eigenvalue weighted by atomic mass is 16.5. The van der Waals surface area contributed by atoms with E-state index in [4.69, 9.17) is 4.74 Å². The van der Waals surface area contributed by atoms with Gasteiger partial charge in [-0.25, -0.2) is 0 Å². The lowest BCUT2D eigenvalue weighted by atomic mass is 9.85. The van der Waals surface area contributed by atoms with Crippen molar-refractivity contribution in [3.63, 3.8) is 0 Å². The second-order valence-corrected chi connectivity index (χ2v) is 3.36. The van der Waals surface area contributed by atoms with E-state index in [1.165, 1.54) is 32.1 Å². The Morgan fingerprint density at radius 1 is 1.20 bits per heavy atom. The standard InChI is InChI=1S/C8H14NO/c1-2-4-8(5-3-1)6-9-7-10-8/h7,9H,1-6H2. The fourth-order valence-corrected chi connectivity index (χ4v) is 1.93. The SMILES string of the molecule is [CH]1NCC2(CCCCC2)O1. The Hall–Kier alpha value is -0.0800. The van der Waals surface area contributed by atoms with Crippen LogP contribution in [0.15, 0.2) is 0 Å². The molecule has 1 saturated heterocycles. The number of hydrogen-bond acceptors (Lipinski definition) is 2. The molecule has 0 aromatic rings. The minimum atomic E-state index is 0.207. The van der Waals surface area contributed by atoms with E-state index >= 15 is 0 Å². The summed E-state index contributed by atoms with van der Waals surface area (Å²) in [5, 5.41) is 3.14. The van der Waals surface area contributed by atoms with Crippen LogP contribution in [0.1, 0.15) is 32.1 Å². The van der Waals surface area contributed by atoms with E-state index in [1.807, 2.05) is 0 Å². The Morgan fingerprint density at radius 2 is 2.00 bits per heavy atom. The Morgan fingerprint density at radius 3 is 2.60 bits per heavy atom. The minimum Gasteiger partial charge on any atom is -0.351 e. The zero-order chi connectivity index (χ0) is 6.86. The van der Waals surface area contributed by atoms with Crippen LogP contribution in [-0.2, 0) is 4.74 Å². The molecule has 0 amide bonds. The molecule has 1 spiro atoms. The number of rotatable bonds is 0. The molecule has 1 aliphatic heterocycles. The van der Waals surface area contributed by atoms with Crippen molar-refractivity contribution in [2.24, 2.45) is 0 Å². The summed E-state index contributed by atoms with van der Waals surface area (Å²) in [5.41, 5.74) is 0.207. The van der Waals surface area contributed by atoms with Crippen LogP contribution in [0.2, 0.25) is 0 Å². The van der Waals surface area contributed by atoms with Gasteiger partial charge in [-0.15, -0.1) is 0 Å². The average molecular weight is 140 g/mol. The molecule has 10 heavy (non-hydrogen) atoms. The van der Waals surface area contributed by atoms with E-state index in [-0.39, 0.29) is 5.60 Å². The van der Waals surface area contributed by atoms with E-state index in [2.05, 4.69) is 5.32 Å². The highest BCUT2D eigenvalue weighted by molar-refractivity contribution is 4.91. The number of hydrogen-bond donors (Lipinski definition) is 1. The van der Waals surface area contributed by atoms with Crippen molar-refractivity contribution in [1.82, 2.24) is 5.32 Å². The maximum Gasteiger partial charge on any atom is 0.149 e.